The fraction of sp³-hybridized carbons (Fsp3) is 0.667. The molecule has 0 aromatic heterocycles. The molecule has 3 nitrogen and oxygen atoms in total. The van der Waals surface area contributed by atoms with Crippen LogP contribution in [-0.2, 0) is 5.41 Å². The van der Waals surface area contributed by atoms with Crippen molar-refractivity contribution in [2.45, 2.75) is 40.0 Å². The van der Waals surface area contributed by atoms with E-state index in [1.807, 2.05) is 6.07 Å². The molecule has 1 rings (SSSR count). The van der Waals surface area contributed by atoms with Crippen LogP contribution in [0.5, 0.6) is 5.75 Å². The van der Waals surface area contributed by atoms with Gasteiger partial charge in [0, 0.05) is 19.6 Å². The van der Waals surface area contributed by atoms with Gasteiger partial charge in [-0.3, -0.25) is 0 Å². The summed E-state index contributed by atoms with van der Waals surface area (Å²) in [6.07, 6.45) is 0. The first-order valence-corrected chi connectivity index (χ1v) is 8.13. The summed E-state index contributed by atoms with van der Waals surface area (Å²) in [5.74, 6) is 0.966. The Morgan fingerprint density at radius 2 is 1.81 bits per heavy atom. The highest BCUT2D eigenvalue weighted by atomic mass is 16.5. The molecule has 0 radical (unpaired) electrons. The minimum absolute atomic E-state index is 0.168. The van der Waals surface area contributed by atoms with Crippen LogP contribution < -0.4 is 10.1 Å². The third-order valence-corrected chi connectivity index (χ3v) is 3.75. The van der Waals surface area contributed by atoms with Crippen LogP contribution in [0.25, 0.3) is 0 Å². The van der Waals surface area contributed by atoms with Crippen LogP contribution in [-0.4, -0.2) is 44.2 Å². The molecule has 0 heterocycles. The van der Waals surface area contributed by atoms with Gasteiger partial charge in [0.25, 0.3) is 0 Å². The smallest absolute Gasteiger partial charge is 0.119 e. The Morgan fingerprint density at radius 3 is 2.43 bits per heavy atom. The van der Waals surface area contributed by atoms with E-state index in [1.54, 1.807) is 0 Å². The van der Waals surface area contributed by atoms with Gasteiger partial charge in [-0.25, -0.2) is 0 Å². The van der Waals surface area contributed by atoms with Gasteiger partial charge in [-0.2, -0.15) is 0 Å². The van der Waals surface area contributed by atoms with Gasteiger partial charge in [-0.05, 0) is 36.2 Å². The number of rotatable bonds is 9. The number of nitrogens with one attached hydrogen (secondary N) is 1. The SMILES string of the molecule is CCN(CC)CCNCCOc1cccc(C(C)(C)C)c1. The first kappa shape index (κ1) is 18.0. The van der Waals surface area contributed by atoms with Gasteiger partial charge in [-0.1, -0.05) is 46.8 Å². The molecule has 3 heteroatoms. The monoisotopic (exact) mass is 292 g/mol. The Bertz CT molecular complexity index is 394. The lowest BCUT2D eigenvalue weighted by Crippen LogP contribution is -2.33. The van der Waals surface area contributed by atoms with Crippen molar-refractivity contribution in [1.82, 2.24) is 10.2 Å². The van der Waals surface area contributed by atoms with Crippen LogP contribution in [0.1, 0.15) is 40.2 Å². The van der Waals surface area contributed by atoms with E-state index in [4.69, 9.17) is 4.74 Å². The van der Waals surface area contributed by atoms with E-state index in [0.717, 1.165) is 38.5 Å². The normalized spacial score (nSPS) is 11.9. The summed E-state index contributed by atoms with van der Waals surface area (Å²) in [7, 11) is 0. The molecule has 0 saturated heterocycles. The summed E-state index contributed by atoms with van der Waals surface area (Å²) in [6, 6.07) is 8.42. The second kappa shape index (κ2) is 9.06. The molecule has 0 atom stereocenters. The maximum atomic E-state index is 5.83. The zero-order valence-corrected chi connectivity index (χ0v) is 14.4. The number of benzene rings is 1. The van der Waals surface area contributed by atoms with E-state index in [2.05, 4.69) is 63.0 Å². The molecule has 0 aliphatic carbocycles. The highest BCUT2D eigenvalue weighted by Gasteiger charge is 2.13. The predicted octanol–water partition coefficient (Wildman–Crippen LogP) is 3.29. The largest absolute Gasteiger partial charge is 0.492 e. The summed E-state index contributed by atoms with van der Waals surface area (Å²) >= 11 is 0. The first-order valence-electron chi connectivity index (χ1n) is 8.13. The number of hydrogen-bond donors (Lipinski definition) is 1. The Hall–Kier alpha value is -1.06. The lowest BCUT2D eigenvalue weighted by molar-refractivity contribution is 0.285. The fourth-order valence-electron chi connectivity index (χ4n) is 2.20. The Kier molecular flexibility index (Phi) is 7.76. The van der Waals surface area contributed by atoms with E-state index in [1.165, 1.54) is 5.56 Å². The minimum Gasteiger partial charge on any atom is -0.492 e. The maximum absolute atomic E-state index is 5.83. The summed E-state index contributed by atoms with van der Waals surface area (Å²) in [6.45, 7) is 17.0. The van der Waals surface area contributed by atoms with Crippen molar-refractivity contribution in [3.8, 4) is 5.75 Å². The predicted molar refractivity (Wildman–Crippen MR) is 91.3 cm³/mol. The summed E-state index contributed by atoms with van der Waals surface area (Å²) in [4.78, 5) is 2.42. The van der Waals surface area contributed by atoms with Crippen molar-refractivity contribution in [3.05, 3.63) is 29.8 Å². The number of nitrogens with zero attached hydrogens (tertiary/aromatic N) is 1. The lowest BCUT2D eigenvalue weighted by atomic mass is 9.87. The average Bonchev–Trinajstić information content (AvgIpc) is 2.46. The van der Waals surface area contributed by atoms with Crippen LogP contribution in [0, 0.1) is 0 Å². The zero-order valence-electron chi connectivity index (χ0n) is 14.4. The van der Waals surface area contributed by atoms with Crippen molar-refractivity contribution in [3.63, 3.8) is 0 Å². The number of likely N-dealkylation sites (N-methyl/N-ethyl adjacent to an activating group) is 1. The van der Waals surface area contributed by atoms with Gasteiger partial charge in [0.05, 0.1) is 0 Å². The summed E-state index contributed by atoms with van der Waals surface area (Å²) < 4.78 is 5.83. The topological polar surface area (TPSA) is 24.5 Å². The minimum atomic E-state index is 0.168. The van der Waals surface area contributed by atoms with Gasteiger partial charge in [0.2, 0.25) is 0 Å². The van der Waals surface area contributed by atoms with Gasteiger partial charge in [-0.15, -0.1) is 0 Å². The van der Waals surface area contributed by atoms with Crippen molar-refractivity contribution >= 4 is 0 Å². The lowest BCUT2D eigenvalue weighted by Gasteiger charge is -2.20. The average molecular weight is 292 g/mol. The van der Waals surface area contributed by atoms with Crippen LogP contribution >= 0.6 is 0 Å². The van der Waals surface area contributed by atoms with E-state index in [9.17, 15) is 0 Å². The van der Waals surface area contributed by atoms with Crippen LogP contribution in [0.15, 0.2) is 24.3 Å². The number of hydrogen-bond acceptors (Lipinski definition) is 3. The molecular weight excluding hydrogens is 260 g/mol. The van der Waals surface area contributed by atoms with Crippen molar-refractivity contribution in [2.75, 3.05) is 39.3 Å². The highest BCUT2D eigenvalue weighted by molar-refractivity contribution is 5.32. The quantitative estimate of drug-likeness (QED) is 0.707. The highest BCUT2D eigenvalue weighted by Crippen LogP contribution is 2.25. The molecule has 1 aromatic carbocycles. The van der Waals surface area contributed by atoms with E-state index < -0.39 is 0 Å². The van der Waals surface area contributed by atoms with Gasteiger partial charge in [0.1, 0.15) is 12.4 Å². The molecule has 0 amide bonds. The molecule has 0 bridgehead atoms. The third kappa shape index (κ3) is 6.96. The Morgan fingerprint density at radius 1 is 1.10 bits per heavy atom. The standard InChI is InChI=1S/C18H32N2O/c1-6-20(7-2)13-11-19-12-14-21-17-10-8-9-16(15-17)18(3,4)5/h8-10,15,19H,6-7,11-14H2,1-5H3. The fourth-order valence-corrected chi connectivity index (χ4v) is 2.20. The molecule has 0 aliphatic rings. The number of ether oxygens (including phenoxy) is 1. The summed E-state index contributed by atoms with van der Waals surface area (Å²) in [5.41, 5.74) is 1.48. The van der Waals surface area contributed by atoms with Crippen LogP contribution in [0.4, 0.5) is 0 Å². The zero-order chi connectivity index (χ0) is 15.7. The van der Waals surface area contributed by atoms with E-state index >= 15 is 0 Å². The van der Waals surface area contributed by atoms with Crippen molar-refractivity contribution in [1.29, 1.82) is 0 Å². The Balaban J connectivity index is 2.24. The molecule has 120 valence electrons. The molecule has 0 fully saturated rings. The first-order chi connectivity index (χ1) is 9.97. The van der Waals surface area contributed by atoms with Gasteiger partial charge < -0.3 is 15.0 Å². The van der Waals surface area contributed by atoms with E-state index in [-0.39, 0.29) is 5.41 Å². The van der Waals surface area contributed by atoms with Crippen molar-refractivity contribution < 1.29 is 4.74 Å². The molecule has 1 aromatic rings. The van der Waals surface area contributed by atoms with Crippen molar-refractivity contribution in [2.24, 2.45) is 0 Å². The van der Waals surface area contributed by atoms with Gasteiger partial charge in [0.15, 0.2) is 0 Å². The molecular formula is C18H32N2O. The maximum Gasteiger partial charge on any atom is 0.119 e. The van der Waals surface area contributed by atoms with Crippen LogP contribution in [0.3, 0.4) is 0 Å². The molecule has 1 N–H and O–H groups in total. The molecule has 21 heavy (non-hydrogen) atoms. The van der Waals surface area contributed by atoms with Crippen LogP contribution in [0.2, 0.25) is 0 Å². The van der Waals surface area contributed by atoms with Gasteiger partial charge >= 0.3 is 0 Å². The van der Waals surface area contributed by atoms with E-state index in [0.29, 0.717) is 6.61 Å². The Labute approximate surface area is 130 Å². The molecule has 0 aliphatic heterocycles. The second-order valence-electron chi connectivity index (χ2n) is 6.40. The second-order valence-corrected chi connectivity index (χ2v) is 6.40. The summed E-state index contributed by atoms with van der Waals surface area (Å²) in [5, 5.41) is 3.43. The third-order valence-electron chi connectivity index (χ3n) is 3.75. The molecule has 0 spiro atoms. The molecule has 0 saturated carbocycles. The molecule has 0 unspecified atom stereocenters.